The molecule has 0 aromatic rings. The SMILES string of the molecule is CC1(C)O[C@@H]([C@@H]2COC(C)(C)O2)[C@@H]([C@H]2COC(C)(C)O2)O1. The Morgan fingerprint density at radius 2 is 0.952 bits per heavy atom. The summed E-state index contributed by atoms with van der Waals surface area (Å²) in [5, 5.41) is 0. The van der Waals surface area contributed by atoms with Gasteiger partial charge in [-0.25, -0.2) is 0 Å². The van der Waals surface area contributed by atoms with Crippen LogP contribution in [0.2, 0.25) is 0 Å². The Bertz CT molecular complexity index is 369. The Labute approximate surface area is 126 Å². The van der Waals surface area contributed by atoms with E-state index in [-0.39, 0.29) is 24.4 Å². The maximum absolute atomic E-state index is 6.06. The zero-order valence-electron chi connectivity index (χ0n) is 13.7. The molecule has 0 unspecified atom stereocenters. The van der Waals surface area contributed by atoms with Gasteiger partial charge in [-0.1, -0.05) is 0 Å². The molecular formula is C15H26O6. The van der Waals surface area contributed by atoms with E-state index in [1.165, 1.54) is 0 Å². The van der Waals surface area contributed by atoms with Gasteiger partial charge in [-0.3, -0.25) is 0 Å². The van der Waals surface area contributed by atoms with E-state index in [1.807, 2.05) is 41.5 Å². The topological polar surface area (TPSA) is 55.4 Å². The van der Waals surface area contributed by atoms with Crippen molar-refractivity contribution in [1.82, 2.24) is 0 Å². The first kappa shape index (κ1) is 15.6. The summed E-state index contributed by atoms with van der Waals surface area (Å²) in [5.74, 6) is -1.84. The van der Waals surface area contributed by atoms with Crippen molar-refractivity contribution >= 4 is 0 Å². The molecule has 0 aliphatic carbocycles. The van der Waals surface area contributed by atoms with Crippen LogP contribution in [0.15, 0.2) is 0 Å². The summed E-state index contributed by atoms with van der Waals surface area (Å²) in [6.07, 6.45) is -0.799. The van der Waals surface area contributed by atoms with Gasteiger partial charge < -0.3 is 28.4 Å². The molecule has 3 saturated heterocycles. The van der Waals surface area contributed by atoms with Gasteiger partial charge in [-0.05, 0) is 41.5 Å². The first-order chi connectivity index (χ1) is 9.57. The van der Waals surface area contributed by atoms with Crippen LogP contribution in [0, 0.1) is 0 Å². The van der Waals surface area contributed by atoms with Crippen molar-refractivity contribution in [2.45, 2.75) is 83.3 Å². The van der Waals surface area contributed by atoms with Gasteiger partial charge in [-0.15, -0.1) is 0 Å². The van der Waals surface area contributed by atoms with Crippen LogP contribution >= 0.6 is 0 Å². The second-order valence-corrected chi connectivity index (χ2v) is 7.30. The molecule has 6 nitrogen and oxygen atoms in total. The van der Waals surface area contributed by atoms with Gasteiger partial charge in [0.15, 0.2) is 17.4 Å². The van der Waals surface area contributed by atoms with E-state index in [0.29, 0.717) is 13.2 Å². The summed E-state index contributed by atoms with van der Waals surface area (Å²) in [5.41, 5.74) is 0. The quantitative estimate of drug-likeness (QED) is 0.775. The van der Waals surface area contributed by atoms with Crippen LogP contribution in [0.25, 0.3) is 0 Å². The third kappa shape index (κ3) is 3.25. The van der Waals surface area contributed by atoms with Crippen molar-refractivity contribution in [2.75, 3.05) is 13.2 Å². The molecule has 0 amide bonds. The van der Waals surface area contributed by atoms with E-state index < -0.39 is 17.4 Å². The van der Waals surface area contributed by atoms with Gasteiger partial charge in [-0.2, -0.15) is 0 Å². The molecule has 0 aromatic heterocycles. The molecule has 0 N–H and O–H groups in total. The molecule has 4 atom stereocenters. The average Bonchev–Trinajstić information content (AvgIpc) is 2.94. The standard InChI is InChI=1S/C15H26O6/c1-13(2)16-7-9(18-13)11-12(21-15(5,6)20-11)10-8-17-14(3,4)19-10/h9-12H,7-8H2,1-6H3/t9-,10+,11-,12+. The molecule has 3 heterocycles. The highest BCUT2D eigenvalue weighted by atomic mass is 16.8. The van der Waals surface area contributed by atoms with E-state index in [9.17, 15) is 0 Å². The van der Waals surface area contributed by atoms with Crippen molar-refractivity contribution in [3.8, 4) is 0 Å². The number of hydrogen-bond donors (Lipinski definition) is 0. The van der Waals surface area contributed by atoms with Crippen LogP contribution in [0.4, 0.5) is 0 Å². The third-order valence-corrected chi connectivity index (χ3v) is 3.96. The maximum Gasteiger partial charge on any atom is 0.164 e. The Morgan fingerprint density at radius 1 is 0.571 bits per heavy atom. The first-order valence-corrected chi connectivity index (χ1v) is 7.56. The Kier molecular flexibility index (Phi) is 3.63. The molecule has 3 aliphatic rings. The lowest BCUT2D eigenvalue weighted by atomic mass is 10.0. The van der Waals surface area contributed by atoms with Crippen LogP contribution in [0.1, 0.15) is 41.5 Å². The maximum atomic E-state index is 6.06. The van der Waals surface area contributed by atoms with Gasteiger partial charge in [0.2, 0.25) is 0 Å². The van der Waals surface area contributed by atoms with Gasteiger partial charge in [0.05, 0.1) is 13.2 Å². The van der Waals surface area contributed by atoms with Crippen LogP contribution in [-0.4, -0.2) is 55.0 Å². The molecule has 122 valence electrons. The molecule has 3 rings (SSSR count). The zero-order valence-corrected chi connectivity index (χ0v) is 13.7. The summed E-state index contributed by atoms with van der Waals surface area (Å²) in [6, 6.07) is 0. The highest BCUT2D eigenvalue weighted by Crippen LogP contribution is 2.39. The fraction of sp³-hybridized carbons (Fsp3) is 1.00. The molecule has 3 aliphatic heterocycles. The van der Waals surface area contributed by atoms with Gasteiger partial charge >= 0.3 is 0 Å². The molecule has 6 heteroatoms. The third-order valence-electron chi connectivity index (χ3n) is 3.96. The van der Waals surface area contributed by atoms with Crippen molar-refractivity contribution in [1.29, 1.82) is 0 Å². The number of ether oxygens (including phenoxy) is 6. The second-order valence-electron chi connectivity index (χ2n) is 7.30. The fourth-order valence-corrected chi connectivity index (χ4v) is 3.15. The van der Waals surface area contributed by atoms with Crippen molar-refractivity contribution < 1.29 is 28.4 Å². The summed E-state index contributed by atoms with van der Waals surface area (Å²) < 4.78 is 35.3. The van der Waals surface area contributed by atoms with Crippen LogP contribution < -0.4 is 0 Å². The molecule has 0 saturated carbocycles. The first-order valence-electron chi connectivity index (χ1n) is 7.56. The normalized spacial score (nSPS) is 44.3. The largest absolute Gasteiger partial charge is 0.348 e. The number of rotatable bonds is 2. The number of hydrogen-bond acceptors (Lipinski definition) is 6. The Hall–Kier alpha value is -0.240. The van der Waals surface area contributed by atoms with Crippen LogP contribution in [0.3, 0.4) is 0 Å². The molecule has 0 bridgehead atoms. The minimum atomic E-state index is -0.665. The Morgan fingerprint density at radius 3 is 1.24 bits per heavy atom. The van der Waals surface area contributed by atoms with E-state index >= 15 is 0 Å². The van der Waals surface area contributed by atoms with E-state index in [2.05, 4.69) is 0 Å². The van der Waals surface area contributed by atoms with Crippen molar-refractivity contribution in [3.05, 3.63) is 0 Å². The van der Waals surface area contributed by atoms with Crippen LogP contribution in [0.5, 0.6) is 0 Å². The summed E-state index contributed by atoms with van der Waals surface area (Å²) >= 11 is 0. The summed E-state index contributed by atoms with van der Waals surface area (Å²) in [6.45, 7) is 12.4. The predicted molar refractivity (Wildman–Crippen MR) is 73.6 cm³/mol. The van der Waals surface area contributed by atoms with Crippen molar-refractivity contribution in [2.24, 2.45) is 0 Å². The van der Waals surface area contributed by atoms with E-state index in [0.717, 1.165) is 0 Å². The summed E-state index contributed by atoms with van der Waals surface area (Å²) in [7, 11) is 0. The summed E-state index contributed by atoms with van der Waals surface area (Å²) in [4.78, 5) is 0. The monoisotopic (exact) mass is 302 g/mol. The van der Waals surface area contributed by atoms with Crippen molar-refractivity contribution in [3.63, 3.8) is 0 Å². The Balaban J connectivity index is 1.75. The van der Waals surface area contributed by atoms with Gasteiger partial charge in [0.25, 0.3) is 0 Å². The van der Waals surface area contributed by atoms with E-state index in [4.69, 9.17) is 28.4 Å². The van der Waals surface area contributed by atoms with E-state index in [1.54, 1.807) is 0 Å². The lowest BCUT2D eigenvalue weighted by Crippen LogP contribution is -2.45. The highest BCUT2D eigenvalue weighted by Gasteiger charge is 2.54. The lowest BCUT2D eigenvalue weighted by Gasteiger charge is -2.26. The van der Waals surface area contributed by atoms with Gasteiger partial charge in [0.1, 0.15) is 24.4 Å². The average molecular weight is 302 g/mol. The second kappa shape index (κ2) is 4.88. The smallest absolute Gasteiger partial charge is 0.164 e. The fourth-order valence-electron chi connectivity index (χ4n) is 3.15. The molecule has 0 aromatic carbocycles. The minimum absolute atomic E-state index is 0.168. The predicted octanol–water partition coefficient (Wildman–Crippen LogP) is 1.81. The molecule has 21 heavy (non-hydrogen) atoms. The van der Waals surface area contributed by atoms with Crippen LogP contribution in [-0.2, 0) is 28.4 Å². The molecular weight excluding hydrogens is 276 g/mol. The molecule has 0 radical (unpaired) electrons. The van der Waals surface area contributed by atoms with Gasteiger partial charge in [0, 0.05) is 0 Å². The highest BCUT2D eigenvalue weighted by molar-refractivity contribution is 4.96. The molecule has 3 fully saturated rings. The molecule has 0 spiro atoms. The lowest BCUT2D eigenvalue weighted by molar-refractivity contribution is -0.178. The zero-order chi connectivity index (χ0) is 15.5. The minimum Gasteiger partial charge on any atom is -0.348 e.